The first-order valence-corrected chi connectivity index (χ1v) is 6.73. The molecule has 2 aromatic carbocycles. The molecule has 106 valence electrons. The maximum atomic E-state index is 12.3. The van der Waals surface area contributed by atoms with Crippen LogP contribution in [0.4, 0.5) is 5.69 Å². The third-order valence-corrected chi connectivity index (χ3v) is 3.61. The van der Waals surface area contributed by atoms with Gasteiger partial charge in [-0.25, -0.2) is 0 Å². The van der Waals surface area contributed by atoms with Gasteiger partial charge in [0.05, 0.1) is 0 Å². The number of nitrogens with one attached hydrogen (secondary N) is 2. The third kappa shape index (κ3) is 2.48. The van der Waals surface area contributed by atoms with Crippen LogP contribution in [0.1, 0.15) is 21.5 Å². The van der Waals surface area contributed by atoms with E-state index in [2.05, 4.69) is 10.3 Å². The van der Waals surface area contributed by atoms with Crippen LogP contribution < -0.4 is 5.32 Å². The molecule has 3 rings (SSSR count). The van der Waals surface area contributed by atoms with Crippen molar-refractivity contribution in [3.05, 3.63) is 59.3 Å². The highest BCUT2D eigenvalue weighted by molar-refractivity contribution is 6.06. The Balaban J connectivity index is 1.90. The molecule has 1 amide bonds. The first-order chi connectivity index (χ1) is 10.0. The first kappa shape index (κ1) is 13.2. The van der Waals surface area contributed by atoms with Crippen molar-refractivity contribution in [2.75, 3.05) is 5.32 Å². The Hall–Kier alpha value is -2.75. The number of H-pyrrole nitrogens is 1. The van der Waals surface area contributed by atoms with Crippen molar-refractivity contribution in [3.63, 3.8) is 0 Å². The van der Waals surface area contributed by atoms with Crippen LogP contribution in [0.2, 0.25) is 0 Å². The summed E-state index contributed by atoms with van der Waals surface area (Å²) < 4.78 is 0. The summed E-state index contributed by atoms with van der Waals surface area (Å²) in [6.07, 6.45) is 1.85. The number of anilines is 1. The molecule has 0 saturated carbocycles. The summed E-state index contributed by atoms with van der Waals surface area (Å²) in [6, 6.07) is 10.9. The lowest BCUT2D eigenvalue weighted by molar-refractivity contribution is 0.102. The monoisotopic (exact) mass is 280 g/mol. The van der Waals surface area contributed by atoms with Crippen molar-refractivity contribution >= 4 is 22.5 Å². The van der Waals surface area contributed by atoms with Gasteiger partial charge in [-0.05, 0) is 61.4 Å². The average molecular weight is 280 g/mol. The van der Waals surface area contributed by atoms with Gasteiger partial charge in [-0.2, -0.15) is 0 Å². The van der Waals surface area contributed by atoms with Gasteiger partial charge in [0.25, 0.3) is 5.91 Å². The number of benzene rings is 2. The van der Waals surface area contributed by atoms with E-state index in [0.717, 1.165) is 22.0 Å². The van der Waals surface area contributed by atoms with E-state index in [0.29, 0.717) is 11.3 Å². The zero-order chi connectivity index (χ0) is 15.0. The maximum Gasteiger partial charge on any atom is 0.255 e. The molecule has 1 aromatic heterocycles. The molecule has 3 N–H and O–H groups in total. The Bertz CT molecular complexity index is 834. The maximum absolute atomic E-state index is 12.3. The highest BCUT2D eigenvalue weighted by atomic mass is 16.3. The van der Waals surface area contributed by atoms with Crippen LogP contribution in [-0.2, 0) is 0 Å². The van der Waals surface area contributed by atoms with Gasteiger partial charge in [-0.3, -0.25) is 4.79 Å². The number of carbonyl (C=O) groups is 1. The second-order valence-corrected chi connectivity index (χ2v) is 5.19. The number of aromatic hydroxyl groups is 1. The lowest BCUT2D eigenvalue weighted by Crippen LogP contribution is -2.12. The van der Waals surface area contributed by atoms with Crippen molar-refractivity contribution in [1.82, 2.24) is 4.98 Å². The van der Waals surface area contributed by atoms with Gasteiger partial charge in [0, 0.05) is 28.4 Å². The zero-order valence-electron chi connectivity index (χ0n) is 11.9. The smallest absolute Gasteiger partial charge is 0.255 e. The molecule has 3 aromatic rings. The van der Waals surface area contributed by atoms with Gasteiger partial charge < -0.3 is 15.4 Å². The first-order valence-electron chi connectivity index (χ1n) is 6.73. The van der Waals surface area contributed by atoms with Gasteiger partial charge in [0.15, 0.2) is 0 Å². The molecule has 0 spiro atoms. The van der Waals surface area contributed by atoms with E-state index in [1.54, 1.807) is 25.1 Å². The van der Waals surface area contributed by atoms with Crippen LogP contribution >= 0.6 is 0 Å². The molecule has 0 unspecified atom stereocenters. The second-order valence-electron chi connectivity index (χ2n) is 5.19. The Morgan fingerprint density at radius 1 is 1.10 bits per heavy atom. The summed E-state index contributed by atoms with van der Waals surface area (Å²) in [5.41, 5.74) is 3.88. The van der Waals surface area contributed by atoms with Crippen LogP contribution in [0.15, 0.2) is 42.6 Å². The van der Waals surface area contributed by atoms with E-state index in [1.165, 1.54) is 0 Å². The Kier molecular flexibility index (Phi) is 3.14. The summed E-state index contributed by atoms with van der Waals surface area (Å²) >= 11 is 0. The normalized spacial score (nSPS) is 10.8. The molecule has 0 aliphatic carbocycles. The lowest BCUT2D eigenvalue weighted by atomic mass is 10.1. The Labute approximate surface area is 122 Å². The molecule has 0 aliphatic heterocycles. The Morgan fingerprint density at radius 2 is 1.90 bits per heavy atom. The molecule has 0 saturated heterocycles. The summed E-state index contributed by atoms with van der Waals surface area (Å²) in [4.78, 5) is 15.4. The van der Waals surface area contributed by atoms with Crippen LogP contribution in [0.25, 0.3) is 10.9 Å². The topological polar surface area (TPSA) is 65.1 Å². The molecule has 0 fully saturated rings. The number of hydrogen-bond acceptors (Lipinski definition) is 2. The molecule has 0 aliphatic rings. The number of aryl methyl sites for hydroxylation is 2. The lowest BCUT2D eigenvalue weighted by Gasteiger charge is -2.11. The number of aromatic amines is 1. The van der Waals surface area contributed by atoms with Gasteiger partial charge >= 0.3 is 0 Å². The van der Waals surface area contributed by atoms with E-state index < -0.39 is 0 Å². The third-order valence-electron chi connectivity index (χ3n) is 3.61. The molecular weight excluding hydrogens is 264 g/mol. The van der Waals surface area contributed by atoms with Gasteiger partial charge in [0.2, 0.25) is 0 Å². The average Bonchev–Trinajstić information content (AvgIpc) is 2.92. The zero-order valence-corrected chi connectivity index (χ0v) is 11.9. The fourth-order valence-corrected chi connectivity index (χ4v) is 2.32. The SMILES string of the molecule is Cc1cc(NC(=O)c2ccc3[nH]ccc3c2)c(C)cc1O. The molecule has 4 heteroatoms. The number of fused-ring (bicyclic) bond motifs is 1. The highest BCUT2D eigenvalue weighted by Gasteiger charge is 2.10. The number of rotatable bonds is 2. The fraction of sp³-hybridized carbons (Fsp3) is 0.118. The summed E-state index contributed by atoms with van der Waals surface area (Å²) in [7, 11) is 0. The molecular formula is C17H16N2O2. The number of phenolic OH excluding ortho intramolecular Hbond substituents is 1. The number of aromatic nitrogens is 1. The van der Waals surface area contributed by atoms with Crippen molar-refractivity contribution in [2.24, 2.45) is 0 Å². The van der Waals surface area contributed by atoms with Gasteiger partial charge in [-0.15, -0.1) is 0 Å². The minimum Gasteiger partial charge on any atom is -0.508 e. The predicted octanol–water partition coefficient (Wildman–Crippen LogP) is 3.74. The molecule has 21 heavy (non-hydrogen) atoms. The quantitative estimate of drug-likeness (QED) is 0.626. The molecule has 0 atom stereocenters. The van der Waals surface area contributed by atoms with E-state index >= 15 is 0 Å². The number of amides is 1. The van der Waals surface area contributed by atoms with Gasteiger partial charge in [-0.1, -0.05) is 0 Å². The molecule has 0 radical (unpaired) electrons. The highest BCUT2D eigenvalue weighted by Crippen LogP contribution is 2.25. The Morgan fingerprint density at radius 3 is 2.71 bits per heavy atom. The van der Waals surface area contributed by atoms with Crippen LogP contribution in [0.5, 0.6) is 5.75 Å². The minimum absolute atomic E-state index is 0.161. The predicted molar refractivity (Wildman–Crippen MR) is 83.8 cm³/mol. The summed E-state index contributed by atoms with van der Waals surface area (Å²) in [5, 5.41) is 13.5. The molecule has 4 nitrogen and oxygen atoms in total. The van der Waals surface area contributed by atoms with Crippen LogP contribution in [0.3, 0.4) is 0 Å². The number of hydrogen-bond donors (Lipinski definition) is 3. The molecule has 1 heterocycles. The number of phenols is 1. The van der Waals surface area contributed by atoms with E-state index in [1.807, 2.05) is 31.3 Å². The fourth-order valence-electron chi connectivity index (χ4n) is 2.32. The number of carbonyl (C=O) groups excluding carboxylic acids is 1. The largest absolute Gasteiger partial charge is 0.508 e. The van der Waals surface area contributed by atoms with E-state index in [9.17, 15) is 9.90 Å². The van der Waals surface area contributed by atoms with E-state index in [4.69, 9.17) is 0 Å². The van der Waals surface area contributed by atoms with Crippen molar-refractivity contribution in [3.8, 4) is 5.75 Å². The summed E-state index contributed by atoms with van der Waals surface area (Å²) in [6.45, 7) is 3.65. The second kappa shape index (κ2) is 4.98. The minimum atomic E-state index is -0.161. The summed E-state index contributed by atoms with van der Waals surface area (Å²) in [5.74, 6) is 0.0746. The van der Waals surface area contributed by atoms with E-state index in [-0.39, 0.29) is 11.7 Å². The van der Waals surface area contributed by atoms with Crippen LogP contribution in [-0.4, -0.2) is 16.0 Å². The van der Waals surface area contributed by atoms with Crippen molar-refractivity contribution < 1.29 is 9.90 Å². The van der Waals surface area contributed by atoms with Crippen molar-refractivity contribution in [2.45, 2.75) is 13.8 Å². The molecule has 0 bridgehead atoms. The van der Waals surface area contributed by atoms with Crippen molar-refractivity contribution in [1.29, 1.82) is 0 Å². The standard InChI is InChI=1S/C17H16N2O2/c1-10-8-16(20)11(2)7-15(10)19-17(21)13-3-4-14-12(9-13)5-6-18-14/h3-9,18,20H,1-2H3,(H,19,21). The van der Waals surface area contributed by atoms with Crippen LogP contribution in [0, 0.1) is 13.8 Å². The van der Waals surface area contributed by atoms with Gasteiger partial charge in [0.1, 0.15) is 5.75 Å².